The minimum absolute atomic E-state index is 0.183. The molecule has 2 aliphatic heterocycles. The molecule has 0 radical (unpaired) electrons. The predicted octanol–water partition coefficient (Wildman–Crippen LogP) is 2.74. The Labute approximate surface area is 120 Å². The summed E-state index contributed by atoms with van der Waals surface area (Å²) in [6.07, 6.45) is 2.45. The molecule has 0 fully saturated rings. The van der Waals surface area contributed by atoms with Gasteiger partial charge in [-0.2, -0.15) is 4.73 Å². The Kier molecular flexibility index (Phi) is 3.13. The first-order valence-electron chi connectivity index (χ1n) is 6.55. The zero-order valence-electron chi connectivity index (χ0n) is 11.7. The summed E-state index contributed by atoms with van der Waals surface area (Å²) in [5.74, 6) is 0.183. The number of hydrogen-bond donors (Lipinski definition) is 1. The number of ether oxygens (including phenoxy) is 1. The summed E-state index contributed by atoms with van der Waals surface area (Å²) in [7, 11) is 0. The van der Waals surface area contributed by atoms with Crippen LogP contribution < -0.4 is 4.84 Å². The van der Waals surface area contributed by atoms with Crippen LogP contribution in [0, 0.1) is 6.92 Å². The molecule has 0 saturated carbocycles. The van der Waals surface area contributed by atoms with Gasteiger partial charge in [-0.25, -0.2) is 9.78 Å². The van der Waals surface area contributed by atoms with Gasteiger partial charge in [0.25, 0.3) is 0 Å². The predicted molar refractivity (Wildman–Crippen MR) is 76.4 cm³/mol. The van der Waals surface area contributed by atoms with E-state index in [1.807, 2.05) is 13.0 Å². The summed E-state index contributed by atoms with van der Waals surface area (Å²) in [5, 5.41) is 10.7. The quantitative estimate of drug-likeness (QED) is 0.733. The number of aromatic hydroxyl groups is 1. The smallest absolute Gasteiger partial charge is 0.507 e. The minimum Gasteiger partial charge on any atom is -0.507 e. The summed E-state index contributed by atoms with van der Waals surface area (Å²) < 4.78 is 6.00. The van der Waals surface area contributed by atoms with E-state index in [0.717, 1.165) is 11.1 Å². The lowest BCUT2D eigenvalue weighted by molar-refractivity contribution is 0.0509. The van der Waals surface area contributed by atoms with Crippen molar-refractivity contribution in [1.82, 2.24) is 9.71 Å². The van der Waals surface area contributed by atoms with Gasteiger partial charge in [0.2, 0.25) is 0 Å². The molecule has 0 amide bonds. The molecule has 6 heteroatoms. The molecule has 0 atom stereocenters. The van der Waals surface area contributed by atoms with Gasteiger partial charge in [-0.05, 0) is 31.5 Å². The lowest BCUT2D eigenvalue weighted by Gasteiger charge is -2.11. The van der Waals surface area contributed by atoms with E-state index in [-0.39, 0.29) is 12.4 Å². The molecule has 6 nitrogen and oxygen atoms in total. The number of aromatic nitrogens is 2. The van der Waals surface area contributed by atoms with Crippen LogP contribution >= 0.6 is 0 Å². The third kappa shape index (κ3) is 2.24. The Bertz CT molecular complexity index is 794. The monoisotopic (exact) mass is 286 g/mol. The Morgan fingerprint density at radius 2 is 2.19 bits per heavy atom. The van der Waals surface area contributed by atoms with Crippen molar-refractivity contribution in [2.24, 2.45) is 0 Å². The van der Waals surface area contributed by atoms with E-state index < -0.39 is 6.16 Å². The summed E-state index contributed by atoms with van der Waals surface area (Å²) in [4.78, 5) is 20.8. The molecule has 0 bridgehead atoms. The van der Waals surface area contributed by atoms with E-state index >= 15 is 0 Å². The highest BCUT2D eigenvalue weighted by Gasteiger charge is 2.19. The molecule has 0 aromatic heterocycles. The zero-order chi connectivity index (χ0) is 15.0. The Hall–Kier alpha value is -2.76. The molecule has 21 heavy (non-hydrogen) atoms. The number of pyridine rings is 1. The van der Waals surface area contributed by atoms with Crippen LogP contribution in [0.5, 0.6) is 5.75 Å². The van der Waals surface area contributed by atoms with Crippen LogP contribution in [0.15, 0.2) is 30.6 Å². The SMILES string of the molecule is CCOC(=O)On1cc2nc3cccc(O)c3c-2c(C)c1. The Morgan fingerprint density at radius 3 is 2.95 bits per heavy atom. The molecular formula is C15H14N2O4. The highest BCUT2D eigenvalue weighted by Crippen LogP contribution is 2.38. The first-order valence-corrected chi connectivity index (χ1v) is 6.55. The van der Waals surface area contributed by atoms with E-state index in [0.29, 0.717) is 16.6 Å². The van der Waals surface area contributed by atoms with Gasteiger partial charge in [0, 0.05) is 11.8 Å². The summed E-state index contributed by atoms with van der Waals surface area (Å²) in [6.45, 7) is 3.81. The summed E-state index contributed by atoms with van der Waals surface area (Å²) in [5.41, 5.74) is 3.00. The van der Waals surface area contributed by atoms with Crippen molar-refractivity contribution in [2.45, 2.75) is 13.8 Å². The maximum Gasteiger partial charge on any atom is 0.533 e. The minimum atomic E-state index is -0.778. The molecule has 1 aromatic rings. The van der Waals surface area contributed by atoms with Crippen molar-refractivity contribution in [1.29, 1.82) is 0 Å². The van der Waals surface area contributed by atoms with E-state index in [1.165, 1.54) is 4.73 Å². The molecule has 0 saturated heterocycles. The average Bonchev–Trinajstić information content (AvgIpc) is 2.78. The van der Waals surface area contributed by atoms with Crippen molar-refractivity contribution < 1.29 is 19.5 Å². The molecule has 1 aromatic carbocycles. The maximum atomic E-state index is 11.4. The number of rotatable bonds is 2. The molecule has 0 unspecified atom stereocenters. The zero-order valence-corrected chi connectivity index (χ0v) is 11.7. The van der Waals surface area contributed by atoms with E-state index in [1.54, 1.807) is 31.5 Å². The van der Waals surface area contributed by atoms with E-state index in [4.69, 9.17) is 9.57 Å². The van der Waals surface area contributed by atoms with Gasteiger partial charge in [-0.1, -0.05) is 6.07 Å². The first kappa shape index (κ1) is 13.2. The normalized spacial score (nSPS) is 11.0. The van der Waals surface area contributed by atoms with Crippen LogP contribution in [0.1, 0.15) is 12.5 Å². The molecule has 3 rings (SSSR count). The number of benzene rings is 1. The number of nitrogens with zero attached hydrogens (tertiary/aromatic N) is 2. The molecular weight excluding hydrogens is 272 g/mol. The highest BCUT2D eigenvalue weighted by atomic mass is 16.8. The fourth-order valence-corrected chi connectivity index (χ4v) is 2.38. The van der Waals surface area contributed by atoms with Crippen LogP contribution in [0.3, 0.4) is 0 Å². The lowest BCUT2D eigenvalue weighted by Crippen LogP contribution is -2.21. The van der Waals surface area contributed by atoms with Crippen LogP contribution in [0.4, 0.5) is 4.79 Å². The maximum absolute atomic E-state index is 11.4. The molecule has 1 N–H and O–H groups in total. The van der Waals surface area contributed by atoms with Gasteiger partial charge in [-0.15, -0.1) is 0 Å². The number of fused-ring (bicyclic) bond motifs is 3. The van der Waals surface area contributed by atoms with Crippen LogP contribution in [0.25, 0.3) is 22.2 Å². The number of carbonyl (C=O) groups excluding carboxylic acids is 1. The van der Waals surface area contributed by atoms with E-state index in [2.05, 4.69) is 4.98 Å². The average molecular weight is 286 g/mol. The van der Waals surface area contributed by atoms with Crippen molar-refractivity contribution in [2.75, 3.05) is 6.61 Å². The second-order valence-corrected chi connectivity index (χ2v) is 4.62. The Morgan fingerprint density at radius 1 is 1.38 bits per heavy atom. The standard InChI is InChI=1S/C15H14N2O4/c1-3-20-15(19)21-17-7-9(2)13-11(8-17)16-10-5-4-6-12(18)14(10)13/h4-8,18H,3H2,1-2H3. The van der Waals surface area contributed by atoms with Gasteiger partial charge in [-0.3, -0.25) is 0 Å². The summed E-state index contributed by atoms with van der Waals surface area (Å²) >= 11 is 0. The third-order valence-corrected chi connectivity index (χ3v) is 3.17. The highest BCUT2D eigenvalue weighted by molar-refractivity contribution is 6.02. The number of phenols is 1. The van der Waals surface area contributed by atoms with Crippen LogP contribution in [-0.4, -0.2) is 27.6 Å². The number of carbonyl (C=O) groups is 1. The van der Waals surface area contributed by atoms with Crippen molar-refractivity contribution in [3.05, 3.63) is 36.2 Å². The van der Waals surface area contributed by atoms with Crippen LogP contribution in [-0.2, 0) is 4.74 Å². The first-order chi connectivity index (χ1) is 10.1. The number of aryl methyl sites for hydroxylation is 1. The second kappa shape index (κ2) is 4.97. The van der Waals surface area contributed by atoms with Crippen molar-refractivity contribution in [3.63, 3.8) is 0 Å². The fraction of sp³-hybridized carbons (Fsp3) is 0.200. The van der Waals surface area contributed by atoms with Gasteiger partial charge in [0.05, 0.1) is 29.4 Å². The van der Waals surface area contributed by atoms with Crippen LogP contribution in [0.2, 0.25) is 0 Å². The topological polar surface area (TPSA) is 73.6 Å². The molecule has 0 aliphatic carbocycles. The number of hydrogen-bond acceptors (Lipinski definition) is 5. The van der Waals surface area contributed by atoms with Gasteiger partial charge in [0.1, 0.15) is 5.75 Å². The summed E-state index contributed by atoms with van der Waals surface area (Å²) in [6, 6.07) is 5.19. The van der Waals surface area contributed by atoms with Gasteiger partial charge < -0.3 is 14.7 Å². The van der Waals surface area contributed by atoms with Gasteiger partial charge in [0.15, 0.2) is 0 Å². The second-order valence-electron chi connectivity index (χ2n) is 4.62. The fourth-order valence-electron chi connectivity index (χ4n) is 2.38. The molecule has 0 spiro atoms. The Balaban J connectivity index is 2.12. The largest absolute Gasteiger partial charge is 0.533 e. The lowest BCUT2D eigenvalue weighted by atomic mass is 10.0. The molecule has 2 aliphatic rings. The van der Waals surface area contributed by atoms with Crippen molar-refractivity contribution in [3.8, 4) is 17.0 Å². The van der Waals surface area contributed by atoms with Gasteiger partial charge >= 0.3 is 6.16 Å². The third-order valence-electron chi connectivity index (χ3n) is 3.17. The molecule has 108 valence electrons. The van der Waals surface area contributed by atoms with Crippen molar-refractivity contribution >= 4 is 17.1 Å². The number of phenolic OH excluding ortho intramolecular Hbond substituents is 1. The molecule has 2 heterocycles. The van der Waals surface area contributed by atoms with E-state index in [9.17, 15) is 9.90 Å².